The Bertz CT molecular complexity index is 728. The van der Waals surface area contributed by atoms with Crippen LogP contribution in [0.1, 0.15) is 37.0 Å². The minimum absolute atomic E-state index is 0.0957. The van der Waals surface area contributed by atoms with Crippen LogP contribution in [0, 0.1) is 0 Å². The van der Waals surface area contributed by atoms with E-state index in [4.69, 9.17) is 4.74 Å². The van der Waals surface area contributed by atoms with Gasteiger partial charge in [0.05, 0.1) is 23.6 Å². The first-order valence-electron chi connectivity index (χ1n) is 9.33. The number of piperidine rings is 1. The Hall–Kier alpha value is -2.51. The van der Waals surface area contributed by atoms with E-state index < -0.39 is 0 Å². The van der Waals surface area contributed by atoms with Gasteiger partial charge in [-0.05, 0) is 51.0 Å². The van der Waals surface area contributed by atoms with Crippen LogP contribution < -0.4 is 15.3 Å². The molecule has 0 unspecified atom stereocenters. The highest BCUT2D eigenvalue weighted by molar-refractivity contribution is 6.05. The maximum Gasteiger partial charge on any atom is 0.274 e. The summed E-state index contributed by atoms with van der Waals surface area (Å²) in [6, 6.07) is 7.50. The summed E-state index contributed by atoms with van der Waals surface area (Å²) in [4.78, 5) is 23.8. The molecule has 0 atom stereocenters. The predicted molar refractivity (Wildman–Crippen MR) is 106 cm³/mol. The molecule has 1 aliphatic rings. The van der Waals surface area contributed by atoms with Crippen LogP contribution in [0.25, 0.3) is 0 Å². The van der Waals surface area contributed by atoms with Crippen LogP contribution in [-0.4, -0.2) is 48.2 Å². The number of hydrogen-bond donors (Lipinski definition) is 1. The number of hydrogen-bond acceptors (Lipinski definition) is 6. The number of nitrogens with zero attached hydrogens (tertiary/aromatic N) is 4. The Morgan fingerprint density at radius 2 is 2.04 bits per heavy atom. The number of carbonyl (C=O) groups is 1. The van der Waals surface area contributed by atoms with Gasteiger partial charge in [0, 0.05) is 38.6 Å². The van der Waals surface area contributed by atoms with Crippen LogP contribution >= 0.6 is 0 Å². The molecule has 1 saturated heterocycles. The standard InChI is InChI=1S/C20H27N5O2/c1-15(2)23-25(20(26)16-5-4-10-21-13-16)17-6-7-19(22-14-17)24-11-8-18(27-3)9-12-24/h4-7,10,13-15,18,23H,8-9,11-12H2,1-3H3. The third-order valence-electron chi connectivity index (χ3n) is 4.59. The number of anilines is 2. The van der Waals surface area contributed by atoms with Crippen molar-refractivity contribution in [1.29, 1.82) is 0 Å². The Labute approximate surface area is 160 Å². The zero-order chi connectivity index (χ0) is 19.2. The van der Waals surface area contributed by atoms with E-state index >= 15 is 0 Å². The third-order valence-corrected chi connectivity index (χ3v) is 4.59. The van der Waals surface area contributed by atoms with Gasteiger partial charge in [-0.25, -0.2) is 15.4 Å². The van der Waals surface area contributed by atoms with Crippen molar-refractivity contribution in [3.8, 4) is 0 Å². The van der Waals surface area contributed by atoms with Crippen molar-refractivity contribution in [2.24, 2.45) is 0 Å². The first kappa shape index (κ1) is 19.3. The van der Waals surface area contributed by atoms with Gasteiger partial charge >= 0.3 is 0 Å². The van der Waals surface area contributed by atoms with Gasteiger partial charge in [-0.3, -0.25) is 9.78 Å². The summed E-state index contributed by atoms with van der Waals surface area (Å²) in [5.41, 5.74) is 4.42. The second kappa shape index (κ2) is 8.92. The molecule has 0 aliphatic carbocycles. The van der Waals surface area contributed by atoms with Gasteiger partial charge in [-0.2, -0.15) is 0 Å². The fourth-order valence-electron chi connectivity index (χ4n) is 3.15. The maximum absolute atomic E-state index is 12.9. The van der Waals surface area contributed by atoms with Crippen LogP contribution in [0.3, 0.4) is 0 Å². The second-order valence-electron chi connectivity index (χ2n) is 6.96. The number of pyridine rings is 2. The second-order valence-corrected chi connectivity index (χ2v) is 6.96. The number of aromatic nitrogens is 2. The van der Waals surface area contributed by atoms with Crippen molar-refractivity contribution >= 4 is 17.4 Å². The number of carbonyl (C=O) groups excluding carboxylic acids is 1. The van der Waals surface area contributed by atoms with Gasteiger partial charge in [0.1, 0.15) is 5.82 Å². The number of ether oxygens (including phenoxy) is 1. The summed E-state index contributed by atoms with van der Waals surface area (Å²) in [5.74, 6) is 0.763. The van der Waals surface area contributed by atoms with Gasteiger partial charge in [-0.15, -0.1) is 0 Å². The lowest BCUT2D eigenvalue weighted by molar-refractivity contribution is 0.0818. The molecule has 2 aromatic heterocycles. The molecule has 0 spiro atoms. The molecule has 7 heteroatoms. The summed E-state index contributed by atoms with van der Waals surface area (Å²) in [7, 11) is 1.77. The van der Waals surface area contributed by atoms with Crippen LogP contribution in [0.5, 0.6) is 0 Å². The third kappa shape index (κ3) is 4.81. The lowest BCUT2D eigenvalue weighted by Gasteiger charge is -2.32. The fraction of sp³-hybridized carbons (Fsp3) is 0.450. The minimum atomic E-state index is -0.160. The highest BCUT2D eigenvalue weighted by Gasteiger charge is 2.22. The molecule has 0 bridgehead atoms. The highest BCUT2D eigenvalue weighted by Crippen LogP contribution is 2.22. The van der Waals surface area contributed by atoms with E-state index in [9.17, 15) is 4.79 Å². The van der Waals surface area contributed by atoms with Crippen LogP contribution in [0.4, 0.5) is 11.5 Å². The molecule has 0 aromatic carbocycles. The fourth-order valence-corrected chi connectivity index (χ4v) is 3.15. The van der Waals surface area contributed by atoms with Gasteiger partial charge in [0.2, 0.25) is 0 Å². The van der Waals surface area contributed by atoms with Gasteiger partial charge in [0.15, 0.2) is 0 Å². The molecule has 0 radical (unpaired) electrons. The van der Waals surface area contributed by atoms with Crippen molar-refractivity contribution in [2.45, 2.75) is 38.8 Å². The summed E-state index contributed by atoms with van der Waals surface area (Å²) in [6.07, 6.45) is 7.30. The Morgan fingerprint density at radius 1 is 1.26 bits per heavy atom. The molecule has 144 valence electrons. The molecule has 7 nitrogen and oxygen atoms in total. The van der Waals surface area contributed by atoms with E-state index in [-0.39, 0.29) is 11.9 Å². The molecule has 1 aliphatic heterocycles. The Kier molecular flexibility index (Phi) is 6.36. The normalized spacial score (nSPS) is 15.2. The van der Waals surface area contributed by atoms with Gasteiger partial charge < -0.3 is 9.64 Å². The topological polar surface area (TPSA) is 70.6 Å². The first-order chi connectivity index (χ1) is 13.1. The number of hydrazine groups is 1. The Morgan fingerprint density at radius 3 is 2.59 bits per heavy atom. The number of methoxy groups -OCH3 is 1. The molecular formula is C20H27N5O2. The molecule has 3 heterocycles. The first-order valence-corrected chi connectivity index (χ1v) is 9.33. The van der Waals surface area contributed by atoms with Crippen molar-refractivity contribution < 1.29 is 9.53 Å². The van der Waals surface area contributed by atoms with E-state index in [1.54, 1.807) is 37.8 Å². The zero-order valence-corrected chi connectivity index (χ0v) is 16.1. The van der Waals surface area contributed by atoms with Gasteiger partial charge in [0.25, 0.3) is 5.91 Å². The van der Waals surface area contributed by atoms with Crippen molar-refractivity contribution in [3.63, 3.8) is 0 Å². The van der Waals surface area contributed by atoms with Crippen LogP contribution in [0.15, 0.2) is 42.9 Å². The molecule has 1 N–H and O–H groups in total. The van der Waals surface area contributed by atoms with E-state index in [0.717, 1.165) is 31.7 Å². The van der Waals surface area contributed by atoms with Gasteiger partial charge in [-0.1, -0.05) is 0 Å². The zero-order valence-electron chi connectivity index (χ0n) is 16.1. The highest BCUT2D eigenvalue weighted by atomic mass is 16.5. The van der Waals surface area contributed by atoms with Crippen LogP contribution in [-0.2, 0) is 4.74 Å². The maximum atomic E-state index is 12.9. The molecule has 1 fully saturated rings. The van der Waals surface area contributed by atoms with Crippen molar-refractivity contribution in [1.82, 2.24) is 15.4 Å². The van der Waals surface area contributed by atoms with E-state index in [0.29, 0.717) is 17.4 Å². The molecule has 3 rings (SSSR count). The molecular weight excluding hydrogens is 342 g/mol. The van der Waals surface area contributed by atoms with E-state index in [2.05, 4.69) is 20.3 Å². The summed E-state index contributed by atoms with van der Waals surface area (Å²) >= 11 is 0. The molecule has 0 saturated carbocycles. The molecule has 1 amide bonds. The summed E-state index contributed by atoms with van der Waals surface area (Å²) in [5, 5.41) is 1.54. The SMILES string of the molecule is COC1CCN(c2ccc(N(NC(C)C)C(=O)c3cccnc3)cn2)CC1. The quantitative estimate of drug-likeness (QED) is 0.790. The monoisotopic (exact) mass is 369 g/mol. The average molecular weight is 369 g/mol. The predicted octanol–water partition coefficient (Wildman–Crippen LogP) is 2.65. The minimum Gasteiger partial charge on any atom is -0.381 e. The lowest BCUT2D eigenvalue weighted by Crippen LogP contribution is -2.46. The summed E-state index contributed by atoms with van der Waals surface area (Å²) < 4.78 is 5.43. The molecule has 27 heavy (non-hydrogen) atoms. The summed E-state index contributed by atoms with van der Waals surface area (Å²) in [6.45, 7) is 5.83. The number of nitrogens with one attached hydrogen (secondary N) is 1. The van der Waals surface area contributed by atoms with Crippen molar-refractivity contribution in [2.75, 3.05) is 30.1 Å². The number of rotatable bonds is 6. The van der Waals surface area contributed by atoms with Crippen molar-refractivity contribution in [3.05, 3.63) is 48.4 Å². The average Bonchev–Trinajstić information content (AvgIpc) is 2.72. The largest absolute Gasteiger partial charge is 0.381 e. The van der Waals surface area contributed by atoms with Crippen LogP contribution in [0.2, 0.25) is 0 Å². The number of amides is 1. The van der Waals surface area contributed by atoms with E-state index in [1.165, 1.54) is 5.01 Å². The molecule has 2 aromatic rings. The smallest absolute Gasteiger partial charge is 0.274 e. The van der Waals surface area contributed by atoms with E-state index in [1.807, 2.05) is 26.0 Å². The Balaban J connectivity index is 1.76. The lowest BCUT2D eigenvalue weighted by atomic mass is 10.1.